The molecule has 5 nitrogen and oxygen atoms in total. The predicted octanol–water partition coefficient (Wildman–Crippen LogP) is 4.00. The van der Waals surface area contributed by atoms with Crippen molar-refractivity contribution in [2.75, 3.05) is 26.7 Å². The van der Waals surface area contributed by atoms with E-state index in [1.54, 1.807) is 0 Å². The van der Waals surface area contributed by atoms with E-state index in [-0.39, 0.29) is 0 Å². The summed E-state index contributed by atoms with van der Waals surface area (Å²) in [7, 11) is 2.19. The van der Waals surface area contributed by atoms with Crippen LogP contribution < -0.4 is 0 Å². The Bertz CT molecular complexity index is 875. The summed E-state index contributed by atoms with van der Waals surface area (Å²) in [6.07, 6.45) is 5.01. The molecule has 1 saturated heterocycles. The van der Waals surface area contributed by atoms with Crippen LogP contribution in [0.1, 0.15) is 23.3 Å². The van der Waals surface area contributed by atoms with Crippen molar-refractivity contribution in [3.05, 3.63) is 71.7 Å². The normalized spacial score (nSPS) is 17.5. The van der Waals surface area contributed by atoms with E-state index in [9.17, 15) is 0 Å². The quantitative estimate of drug-likeness (QED) is 0.624. The summed E-state index contributed by atoms with van der Waals surface area (Å²) in [5.74, 6) is 1.64. The summed E-state index contributed by atoms with van der Waals surface area (Å²) in [6, 6.07) is 14.6. The first-order valence-corrected chi connectivity index (χ1v) is 9.98. The summed E-state index contributed by atoms with van der Waals surface area (Å²) in [6.45, 7) is 7.21. The van der Waals surface area contributed by atoms with Gasteiger partial charge in [-0.3, -0.25) is 9.88 Å². The SMILES string of the molecule is Cc1ccc(-c2cc(CN3CCC(CN(C)Cc4cccnc4)C3)on2)cc1. The minimum absolute atomic E-state index is 0.696. The van der Waals surface area contributed by atoms with Gasteiger partial charge in [0, 0.05) is 43.7 Å². The number of rotatable bonds is 7. The third-order valence-corrected chi connectivity index (χ3v) is 5.40. The minimum atomic E-state index is 0.696. The molecular weight excluding hydrogens is 348 g/mol. The van der Waals surface area contributed by atoms with Crippen molar-refractivity contribution in [1.82, 2.24) is 19.9 Å². The highest BCUT2D eigenvalue weighted by molar-refractivity contribution is 5.59. The Balaban J connectivity index is 1.27. The van der Waals surface area contributed by atoms with E-state index in [2.05, 4.69) is 70.3 Å². The van der Waals surface area contributed by atoms with Crippen LogP contribution in [0, 0.1) is 12.8 Å². The molecule has 5 heteroatoms. The van der Waals surface area contributed by atoms with Gasteiger partial charge in [-0.25, -0.2) is 0 Å². The molecule has 0 bridgehead atoms. The molecule has 1 aliphatic rings. The molecule has 0 spiro atoms. The van der Waals surface area contributed by atoms with E-state index >= 15 is 0 Å². The van der Waals surface area contributed by atoms with E-state index in [0.29, 0.717) is 5.92 Å². The van der Waals surface area contributed by atoms with Crippen LogP contribution in [0.15, 0.2) is 59.4 Å². The summed E-state index contributed by atoms with van der Waals surface area (Å²) in [5.41, 5.74) is 4.55. The van der Waals surface area contributed by atoms with E-state index in [1.807, 2.05) is 18.5 Å². The monoisotopic (exact) mass is 376 g/mol. The summed E-state index contributed by atoms with van der Waals surface area (Å²) < 4.78 is 5.60. The number of pyridine rings is 1. The van der Waals surface area contributed by atoms with E-state index in [4.69, 9.17) is 4.52 Å². The predicted molar refractivity (Wildman–Crippen MR) is 111 cm³/mol. The van der Waals surface area contributed by atoms with Gasteiger partial charge in [0.05, 0.1) is 6.54 Å². The van der Waals surface area contributed by atoms with Gasteiger partial charge in [0.2, 0.25) is 0 Å². The van der Waals surface area contributed by atoms with Crippen molar-refractivity contribution in [3.63, 3.8) is 0 Å². The number of hydrogen-bond donors (Lipinski definition) is 0. The average Bonchev–Trinajstić information content (AvgIpc) is 3.33. The number of benzene rings is 1. The fourth-order valence-electron chi connectivity index (χ4n) is 3.98. The highest BCUT2D eigenvalue weighted by atomic mass is 16.5. The minimum Gasteiger partial charge on any atom is -0.359 e. The molecular formula is C23H28N4O. The van der Waals surface area contributed by atoms with Crippen LogP contribution in [-0.2, 0) is 13.1 Å². The van der Waals surface area contributed by atoms with Crippen molar-refractivity contribution in [2.24, 2.45) is 5.92 Å². The molecule has 1 aliphatic heterocycles. The molecule has 1 atom stereocenters. The van der Waals surface area contributed by atoms with E-state index in [0.717, 1.165) is 49.7 Å². The van der Waals surface area contributed by atoms with E-state index in [1.165, 1.54) is 17.5 Å². The van der Waals surface area contributed by atoms with Crippen LogP contribution in [0.2, 0.25) is 0 Å². The standard InChI is InChI=1S/C23H28N4O/c1-18-5-7-21(8-6-18)23-12-22(28-25-23)17-27-11-9-20(16-27)15-26(2)14-19-4-3-10-24-13-19/h3-8,10,12-13,20H,9,11,14-17H2,1-2H3. The van der Waals surface area contributed by atoms with Crippen LogP contribution in [0.3, 0.4) is 0 Å². The van der Waals surface area contributed by atoms with Crippen molar-refractivity contribution < 1.29 is 4.52 Å². The Labute approximate surface area is 167 Å². The zero-order chi connectivity index (χ0) is 19.3. The molecule has 3 heterocycles. The van der Waals surface area contributed by atoms with Gasteiger partial charge in [0.15, 0.2) is 5.76 Å². The lowest BCUT2D eigenvalue weighted by molar-refractivity contribution is 0.239. The number of aryl methyl sites for hydroxylation is 1. The zero-order valence-corrected chi connectivity index (χ0v) is 16.7. The second-order valence-corrected chi connectivity index (χ2v) is 7.99. The molecule has 1 aromatic carbocycles. The lowest BCUT2D eigenvalue weighted by Crippen LogP contribution is -2.28. The van der Waals surface area contributed by atoms with Crippen LogP contribution in [-0.4, -0.2) is 46.6 Å². The van der Waals surface area contributed by atoms with Crippen molar-refractivity contribution in [3.8, 4) is 11.3 Å². The molecule has 2 aromatic heterocycles. The molecule has 28 heavy (non-hydrogen) atoms. The number of likely N-dealkylation sites (tertiary alicyclic amines) is 1. The van der Waals surface area contributed by atoms with Gasteiger partial charge >= 0.3 is 0 Å². The number of nitrogens with zero attached hydrogens (tertiary/aromatic N) is 4. The fourth-order valence-corrected chi connectivity index (χ4v) is 3.98. The maximum absolute atomic E-state index is 5.60. The third-order valence-electron chi connectivity index (χ3n) is 5.40. The second kappa shape index (κ2) is 8.67. The van der Waals surface area contributed by atoms with Gasteiger partial charge in [-0.1, -0.05) is 41.1 Å². The van der Waals surface area contributed by atoms with Gasteiger partial charge in [0.25, 0.3) is 0 Å². The molecule has 146 valence electrons. The molecule has 1 unspecified atom stereocenters. The lowest BCUT2D eigenvalue weighted by atomic mass is 10.1. The van der Waals surface area contributed by atoms with Gasteiger partial charge in [-0.05, 0) is 44.5 Å². The Morgan fingerprint density at radius 3 is 2.86 bits per heavy atom. The Kier molecular flexibility index (Phi) is 5.84. The molecule has 1 fully saturated rings. The van der Waals surface area contributed by atoms with Crippen LogP contribution in [0.4, 0.5) is 0 Å². The average molecular weight is 377 g/mol. The first-order valence-electron chi connectivity index (χ1n) is 9.98. The summed E-state index contributed by atoms with van der Waals surface area (Å²) in [4.78, 5) is 9.08. The zero-order valence-electron chi connectivity index (χ0n) is 16.7. The molecule has 0 N–H and O–H groups in total. The Hall–Kier alpha value is -2.50. The maximum Gasteiger partial charge on any atom is 0.151 e. The topological polar surface area (TPSA) is 45.4 Å². The lowest BCUT2D eigenvalue weighted by Gasteiger charge is -2.21. The maximum atomic E-state index is 5.60. The second-order valence-electron chi connectivity index (χ2n) is 7.99. The van der Waals surface area contributed by atoms with Crippen molar-refractivity contribution in [1.29, 1.82) is 0 Å². The third kappa shape index (κ3) is 4.86. The molecule has 4 rings (SSSR count). The van der Waals surface area contributed by atoms with Crippen LogP contribution in [0.25, 0.3) is 11.3 Å². The largest absolute Gasteiger partial charge is 0.359 e. The Morgan fingerprint density at radius 1 is 1.21 bits per heavy atom. The fraction of sp³-hybridized carbons (Fsp3) is 0.391. The molecule has 0 amide bonds. The van der Waals surface area contributed by atoms with Gasteiger partial charge in [-0.15, -0.1) is 0 Å². The van der Waals surface area contributed by atoms with Gasteiger partial charge in [-0.2, -0.15) is 0 Å². The highest BCUT2D eigenvalue weighted by Crippen LogP contribution is 2.23. The number of hydrogen-bond acceptors (Lipinski definition) is 5. The molecule has 0 radical (unpaired) electrons. The molecule has 0 saturated carbocycles. The smallest absolute Gasteiger partial charge is 0.151 e. The van der Waals surface area contributed by atoms with Crippen LogP contribution >= 0.6 is 0 Å². The molecule has 3 aromatic rings. The summed E-state index contributed by atoms with van der Waals surface area (Å²) >= 11 is 0. The first kappa shape index (κ1) is 18.8. The van der Waals surface area contributed by atoms with Crippen molar-refractivity contribution >= 4 is 0 Å². The van der Waals surface area contributed by atoms with Crippen LogP contribution in [0.5, 0.6) is 0 Å². The number of aromatic nitrogens is 2. The Morgan fingerprint density at radius 2 is 2.07 bits per heavy atom. The molecule has 0 aliphatic carbocycles. The highest BCUT2D eigenvalue weighted by Gasteiger charge is 2.24. The van der Waals surface area contributed by atoms with E-state index < -0.39 is 0 Å². The van der Waals surface area contributed by atoms with Gasteiger partial charge in [0.1, 0.15) is 5.69 Å². The van der Waals surface area contributed by atoms with Gasteiger partial charge < -0.3 is 9.42 Å². The summed E-state index contributed by atoms with van der Waals surface area (Å²) in [5, 5.41) is 4.26. The van der Waals surface area contributed by atoms with Crippen molar-refractivity contribution in [2.45, 2.75) is 26.4 Å². The first-order chi connectivity index (χ1) is 13.7.